The van der Waals surface area contributed by atoms with E-state index in [1.54, 1.807) is 36.1 Å². The molecule has 10 rings (SSSR count). The second kappa shape index (κ2) is 18.8. The first kappa shape index (κ1) is 48.6. The van der Waals surface area contributed by atoms with Crippen LogP contribution in [0.25, 0.3) is 11.0 Å². The van der Waals surface area contributed by atoms with E-state index in [4.69, 9.17) is 23.4 Å². The van der Waals surface area contributed by atoms with Gasteiger partial charge in [0.15, 0.2) is 16.9 Å². The maximum atomic E-state index is 13.6. The van der Waals surface area contributed by atoms with E-state index in [9.17, 15) is 35.4 Å². The number of hydrogen-bond acceptors (Lipinski definition) is 15. The minimum Gasteiger partial charge on any atom is -0.485 e. The monoisotopic (exact) mass is 969 g/mol. The molecular weight excluding hydrogens is 895 g/mol. The van der Waals surface area contributed by atoms with Crippen LogP contribution in [0.2, 0.25) is 0 Å². The molecule has 15 heteroatoms. The lowest BCUT2D eigenvalue weighted by molar-refractivity contribution is -0.424. The highest BCUT2D eigenvalue weighted by Crippen LogP contribution is 2.67. The van der Waals surface area contributed by atoms with Crippen molar-refractivity contribution in [3.05, 3.63) is 36.1 Å². The fourth-order valence-corrected chi connectivity index (χ4v) is 19.3. The molecule has 14 unspecified atom stereocenters. The van der Waals surface area contributed by atoms with Gasteiger partial charge >= 0.3 is 5.97 Å². The first-order chi connectivity index (χ1) is 32.2. The standard InChI is InChI=1S/C52H75NO12S2/c1-3-61-40(57)15-12-33-26-34-16-24-62-42(34)44-43(33)64-46-52(60)41-35(11-13-37(55)36(41)28-54)27-50(59,45(52)58)51(65-46)31-66-67-49(20-7-19-48(30-49)22-21-47(29-48)17-4-5-18-47)38(53-23-25-63-44)14-10-32(2)8-6-9-39(51)56/h11,13,16,24,26,32,35-39,41,45-46,53-56,58-60H,3-10,12,14-15,17-23,25,27-31H2,1-2H3. The zero-order valence-corrected chi connectivity index (χ0v) is 41.1. The molecule has 4 heterocycles. The number of fused-ring (bicyclic) bond motifs is 11. The molecule has 2 aromatic rings. The van der Waals surface area contributed by atoms with E-state index in [0.717, 1.165) is 38.5 Å². The number of carbonyl (C=O) groups is 1. The number of carbonyl (C=O) groups excluding carboxylic acids is 1. The van der Waals surface area contributed by atoms with Crippen molar-refractivity contribution < 1.29 is 58.8 Å². The molecule has 14 atom stereocenters. The number of allylic oxidation sites excluding steroid dienone is 1. The van der Waals surface area contributed by atoms with Gasteiger partial charge in [-0.25, -0.2) is 0 Å². The summed E-state index contributed by atoms with van der Waals surface area (Å²) < 4.78 is 32.5. The van der Waals surface area contributed by atoms with Crippen molar-refractivity contribution in [1.29, 1.82) is 0 Å². The van der Waals surface area contributed by atoms with Crippen LogP contribution in [0.1, 0.15) is 135 Å². The maximum absolute atomic E-state index is 13.6. The van der Waals surface area contributed by atoms with Gasteiger partial charge in [0, 0.05) is 53.3 Å². The Morgan fingerprint density at radius 1 is 0.940 bits per heavy atom. The lowest BCUT2D eigenvalue weighted by Crippen LogP contribution is -2.86. The summed E-state index contributed by atoms with van der Waals surface area (Å²) >= 11 is 0. The van der Waals surface area contributed by atoms with Crippen LogP contribution < -0.4 is 14.8 Å². The Balaban J connectivity index is 1.15. The Bertz CT molecular complexity index is 2130. The number of ether oxygens (including phenoxy) is 4. The highest BCUT2D eigenvalue weighted by atomic mass is 33.1. The van der Waals surface area contributed by atoms with Gasteiger partial charge in [0.2, 0.25) is 12.0 Å². The molecule has 0 amide bonds. The lowest BCUT2D eigenvalue weighted by Gasteiger charge is -2.67. The van der Waals surface area contributed by atoms with Crippen LogP contribution in [-0.2, 0) is 20.7 Å². The summed E-state index contributed by atoms with van der Waals surface area (Å²) in [6, 6.07) is 3.78. The summed E-state index contributed by atoms with van der Waals surface area (Å²) in [5.74, 6) is -2.27. The summed E-state index contributed by atoms with van der Waals surface area (Å²) in [6.45, 7) is 4.49. The van der Waals surface area contributed by atoms with Crippen LogP contribution in [0.5, 0.6) is 11.5 Å². The first-order valence-corrected chi connectivity index (χ1v) is 28.0. The molecule has 4 saturated carbocycles. The Kier molecular flexibility index (Phi) is 13.7. The number of rotatable bonds is 5. The van der Waals surface area contributed by atoms with Crippen molar-refractivity contribution in [3.63, 3.8) is 0 Å². The molecule has 5 aliphatic carbocycles. The Morgan fingerprint density at radius 2 is 1.75 bits per heavy atom. The van der Waals surface area contributed by atoms with Crippen molar-refractivity contribution in [2.24, 2.45) is 34.5 Å². The van der Waals surface area contributed by atoms with Crippen LogP contribution in [0, 0.1) is 34.5 Å². The van der Waals surface area contributed by atoms with Gasteiger partial charge in [-0.2, -0.15) is 0 Å². The third-order valence-corrected chi connectivity index (χ3v) is 21.8. The normalized spacial score (nSPS) is 43.1. The van der Waals surface area contributed by atoms with Gasteiger partial charge in [-0.1, -0.05) is 72.8 Å². The van der Waals surface area contributed by atoms with E-state index < -0.39 is 71.7 Å². The summed E-state index contributed by atoms with van der Waals surface area (Å²) in [5.41, 5.74) is -4.92. The molecule has 2 saturated heterocycles. The third-order valence-electron chi connectivity index (χ3n) is 18.5. The number of esters is 1. The van der Waals surface area contributed by atoms with Gasteiger partial charge in [-0.3, -0.25) is 4.79 Å². The van der Waals surface area contributed by atoms with Crippen molar-refractivity contribution in [3.8, 4) is 11.5 Å². The van der Waals surface area contributed by atoms with Gasteiger partial charge in [-0.05, 0) is 131 Å². The quantitative estimate of drug-likeness (QED) is 0.0906. The van der Waals surface area contributed by atoms with Crippen molar-refractivity contribution in [1.82, 2.24) is 5.32 Å². The Hall–Kier alpha value is -2.05. The average molecular weight is 970 g/mol. The molecule has 5 bridgehead atoms. The molecular formula is C52H75NO12S2. The van der Waals surface area contributed by atoms with Gasteiger partial charge in [0.25, 0.3) is 0 Å². The topological polar surface area (TPSA) is 201 Å². The molecule has 372 valence electrons. The van der Waals surface area contributed by atoms with Gasteiger partial charge in [-0.15, -0.1) is 0 Å². The van der Waals surface area contributed by atoms with E-state index in [1.807, 2.05) is 22.9 Å². The second-order valence-corrected chi connectivity index (χ2v) is 25.1. The van der Waals surface area contributed by atoms with Crippen LogP contribution >= 0.6 is 21.6 Å². The van der Waals surface area contributed by atoms with E-state index in [1.165, 1.54) is 51.4 Å². The van der Waals surface area contributed by atoms with Gasteiger partial charge in [0.05, 0.1) is 25.1 Å². The highest BCUT2D eigenvalue weighted by Gasteiger charge is 2.78. The zero-order chi connectivity index (χ0) is 46.8. The van der Waals surface area contributed by atoms with Gasteiger partial charge < -0.3 is 59.3 Å². The highest BCUT2D eigenvalue weighted by molar-refractivity contribution is 8.77. The number of furan rings is 1. The van der Waals surface area contributed by atoms with E-state index in [0.29, 0.717) is 40.8 Å². The van der Waals surface area contributed by atoms with Crippen molar-refractivity contribution >= 4 is 38.5 Å². The minimum absolute atomic E-state index is 0.00229. The molecule has 0 radical (unpaired) electrons. The average Bonchev–Trinajstić information content (AvgIpc) is 4.06. The number of benzene rings is 1. The van der Waals surface area contributed by atoms with Crippen molar-refractivity contribution in [2.75, 3.05) is 32.1 Å². The van der Waals surface area contributed by atoms with Crippen LogP contribution in [-0.4, -0.2) is 121 Å². The SMILES string of the molecule is CCOC(=O)CCc1cc2ccoc2c2c1OC1OC3(CSSC4(CCCC5(CCC6(CCCC6)C5)C4)C(CCC(C)CCCC3O)NCCO2)C2(O)CC3C=CC(O)C(CO)C3C1(O)C2O. The summed E-state index contributed by atoms with van der Waals surface area (Å²) in [7, 11) is 3.47. The minimum atomic E-state index is -2.45. The second-order valence-electron chi connectivity index (χ2n) is 22.4. The molecule has 67 heavy (non-hydrogen) atoms. The molecule has 7 N–H and O–H groups in total. The fourth-order valence-electron chi connectivity index (χ4n) is 15.2. The number of aryl methyl sites for hydroxylation is 1. The molecule has 1 aromatic heterocycles. The smallest absolute Gasteiger partial charge is 0.306 e. The lowest BCUT2D eigenvalue weighted by atomic mass is 9.50. The van der Waals surface area contributed by atoms with Crippen LogP contribution in [0.4, 0.5) is 0 Å². The molecule has 6 fully saturated rings. The van der Waals surface area contributed by atoms with Crippen LogP contribution in [0.3, 0.4) is 0 Å². The molecule has 4 spiro atoms. The number of hydrogen-bond donors (Lipinski definition) is 7. The van der Waals surface area contributed by atoms with E-state index in [2.05, 4.69) is 12.2 Å². The largest absolute Gasteiger partial charge is 0.485 e. The zero-order valence-electron chi connectivity index (χ0n) is 39.5. The van der Waals surface area contributed by atoms with Gasteiger partial charge in [0.1, 0.15) is 23.9 Å². The summed E-state index contributed by atoms with van der Waals surface area (Å²) in [4.78, 5) is 12.9. The molecule has 13 nitrogen and oxygen atoms in total. The van der Waals surface area contributed by atoms with E-state index >= 15 is 0 Å². The number of aliphatic hydroxyl groups is 6. The predicted molar refractivity (Wildman–Crippen MR) is 257 cm³/mol. The maximum Gasteiger partial charge on any atom is 0.306 e. The van der Waals surface area contributed by atoms with E-state index in [-0.39, 0.29) is 72.4 Å². The van der Waals surface area contributed by atoms with Crippen molar-refractivity contribution in [2.45, 2.75) is 188 Å². The fraction of sp³-hybridized carbons (Fsp3) is 0.788. The summed E-state index contributed by atoms with van der Waals surface area (Å²) in [5, 5.41) is 80.1. The Morgan fingerprint density at radius 3 is 2.55 bits per heavy atom. The number of nitrogens with one attached hydrogen (secondary N) is 1. The molecule has 8 aliphatic rings. The third kappa shape index (κ3) is 8.30. The summed E-state index contributed by atoms with van der Waals surface area (Å²) in [6.07, 6.45) is 16.1. The molecule has 3 aliphatic heterocycles. The first-order valence-electron chi connectivity index (χ1n) is 25.7. The number of aliphatic hydroxyl groups excluding tert-OH is 4. The van der Waals surface area contributed by atoms with Crippen LogP contribution in [0.15, 0.2) is 35.0 Å². The Labute approximate surface area is 403 Å². The predicted octanol–water partition coefficient (Wildman–Crippen LogP) is 7.14. The molecule has 1 aromatic carbocycles.